The minimum atomic E-state index is -3.21. The SMILES string of the molecule is O=C(CN1CCCS1(=O)=O)c1ccc(Cl)cc1. The lowest BCUT2D eigenvalue weighted by atomic mass is 10.1. The van der Waals surface area contributed by atoms with E-state index < -0.39 is 10.0 Å². The van der Waals surface area contributed by atoms with Crippen molar-refractivity contribution in [2.45, 2.75) is 6.42 Å². The molecule has 0 bridgehead atoms. The predicted molar refractivity (Wildman–Crippen MR) is 65.8 cm³/mol. The fourth-order valence-corrected chi connectivity index (χ4v) is 3.36. The highest BCUT2D eigenvalue weighted by molar-refractivity contribution is 7.89. The van der Waals surface area contributed by atoms with Crippen LogP contribution in [0.2, 0.25) is 5.02 Å². The Balaban J connectivity index is 2.10. The normalized spacial score (nSPS) is 19.4. The molecular weight excluding hydrogens is 262 g/mol. The van der Waals surface area contributed by atoms with Crippen LogP contribution in [0.15, 0.2) is 24.3 Å². The van der Waals surface area contributed by atoms with Gasteiger partial charge in [0.25, 0.3) is 0 Å². The van der Waals surface area contributed by atoms with Crippen LogP contribution in [0.1, 0.15) is 16.8 Å². The molecule has 1 aliphatic heterocycles. The molecule has 1 aliphatic rings. The van der Waals surface area contributed by atoms with E-state index in [-0.39, 0.29) is 18.1 Å². The van der Waals surface area contributed by atoms with Crippen LogP contribution in [0, 0.1) is 0 Å². The summed E-state index contributed by atoms with van der Waals surface area (Å²) < 4.78 is 24.3. The fraction of sp³-hybridized carbons (Fsp3) is 0.364. The molecule has 6 heteroatoms. The van der Waals surface area contributed by atoms with E-state index in [1.165, 1.54) is 4.31 Å². The highest BCUT2D eigenvalue weighted by Gasteiger charge is 2.29. The van der Waals surface area contributed by atoms with Gasteiger partial charge in [0.2, 0.25) is 10.0 Å². The Morgan fingerprint density at radius 3 is 2.47 bits per heavy atom. The zero-order valence-corrected chi connectivity index (χ0v) is 10.7. The van der Waals surface area contributed by atoms with Crippen LogP contribution in [0.4, 0.5) is 0 Å². The Hall–Kier alpha value is -0.910. The molecule has 1 heterocycles. The van der Waals surface area contributed by atoms with E-state index in [0.717, 1.165) is 0 Å². The van der Waals surface area contributed by atoms with Crippen molar-refractivity contribution in [2.75, 3.05) is 18.8 Å². The van der Waals surface area contributed by atoms with E-state index in [1.807, 2.05) is 0 Å². The zero-order valence-electron chi connectivity index (χ0n) is 9.10. The number of benzene rings is 1. The Morgan fingerprint density at radius 1 is 1.29 bits per heavy atom. The highest BCUT2D eigenvalue weighted by atomic mass is 35.5. The van der Waals surface area contributed by atoms with E-state index in [4.69, 9.17) is 11.6 Å². The van der Waals surface area contributed by atoms with Crippen molar-refractivity contribution in [3.05, 3.63) is 34.9 Å². The van der Waals surface area contributed by atoms with Crippen LogP contribution in [-0.4, -0.2) is 37.3 Å². The molecular formula is C11H12ClNO3S. The maximum Gasteiger partial charge on any atom is 0.214 e. The molecule has 0 unspecified atom stereocenters. The number of ketones is 1. The summed E-state index contributed by atoms with van der Waals surface area (Å²) in [6.07, 6.45) is 0.593. The summed E-state index contributed by atoms with van der Waals surface area (Å²) in [6.45, 7) is 0.353. The second kappa shape index (κ2) is 4.76. The molecule has 0 amide bonds. The van der Waals surface area contributed by atoms with Crippen molar-refractivity contribution >= 4 is 27.4 Å². The summed E-state index contributed by atoms with van der Waals surface area (Å²) >= 11 is 5.71. The molecule has 4 nitrogen and oxygen atoms in total. The smallest absolute Gasteiger partial charge is 0.214 e. The summed E-state index contributed by atoms with van der Waals surface area (Å²) in [6, 6.07) is 6.45. The lowest BCUT2D eigenvalue weighted by Crippen LogP contribution is -2.31. The van der Waals surface area contributed by atoms with Crippen LogP contribution < -0.4 is 0 Å². The van der Waals surface area contributed by atoms with E-state index in [0.29, 0.717) is 23.6 Å². The van der Waals surface area contributed by atoms with Crippen molar-refractivity contribution in [1.29, 1.82) is 0 Å². The number of nitrogens with zero attached hydrogens (tertiary/aromatic N) is 1. The summed E-state index contributed by atoms with van der Waals surface area (Å²) in [4.78, 5) is 11.9. The van der Waals surface area contributed by atoms with E-state index in [1.54, 1.807) is 24.3 Å². The summed E-state index contributed by atoms with van der Waals surface area (Å²) in [7, 11) is -3.21. The second-order valence-corrected chi connectivity index (χ2v) is 6.46. The number of carbonyl (C=O) groups is 1. The third-order valence-electron chi connectivity index (χ3n) is 2.69. The topological polar surface area (TPSA) is 54.5 Å². The maximum absolute atomic E-state index is 11.9. The van der Waals surface area contributed by atoms with Gasteiger partial charge in [-0.25, -0.2) is 8.42 Å². The Kier molecular flexibility index (Phi) is 3.51. The largest absolute Gasteiger partial charge is 0.293 e. The van der Waals surface area contributed by atoms with E-state index >= 15 is 0 Å². The monoisotopic (exact) mass is 273 g/mol. The van der Waals surface area contributed by atoms with Gasteiger partial charge >= 0.3 is 0 Å². The summed E-state index contributed by atoms with van der Waals surface area (Å²) in [5.74, 6) is -0.0619. The fourth-order valence-electron chi connectivity index (χ4n) is 1.76. The highest BCUT2D eigenvalue weighted by Crippen LogP contribution is 2.15. The molecule has 1 fully saturated rings. The van der Waals surface area contributed by atoms with Gasteiger partial charge in [0, 0.05) is 17.1 Å². The number of carbonyl (C=O) groups excluding carboxylic acids is 1. The minimum Gasteiger partial charge on any atom is -0.293 e. The molecule has 0 saturated carbocycles. The summed E-state index contributed by atoms with van der Waals surface area (Å²) in [5.41, 5.74) is 0.483. The van der Waals surface area contributed by atoms with Gasteiger partial charge in [-0.3, -0.25) is 4.79 Å². The average Bonchev–Trinajstić information content (AvgIpc) is 2.59. The third kappa shape index (κ3) is 2.86. The molecule has 0 aromatic heterocycles. The Labute approximate surface area is 105 Å². The predicted octanol–water partition coefficient (Wildman–Crippen LogP) is 1.56. The average molecular weight is 274 g/mol. The van der Waals surface area contributed by atoms with Crippen molar-refractivity contribution in [3.8, 4) is 0 Å². The maximum atomic E-state index is 11.9. The first-order valence-electron chi connectivity index (χ1n) is 5.26. The van der Waals surface area contributed by atoms with Crippen LogP contribution in [0.5, 0.6) is 0 Å². The molecule has 92 valence electrons. The number of sulfonamides is 1. The number of hydrogen-bond donors (Lipinski definition) is 0. The lowest BCUT2D eigenvalue weighted by Gasteiger charge is -2.12. The van der Waals surface area contributed by atoms with Gasteiger partial charge in [-0.2, -0.15) is 4.31 Å². The van der Waals surface area contributed by atoms with Gasteiger partial charge in [-0.15, -0.1) is 0 Å². The standard InChI is InChI=1S/C11H12ClNO3S/c12-10-4-2-9(3-5-10)11(14)8-13-6-1-7-17(13,15)16/h2-5H,1,6-8H2. The van der Waals surface area contributed by atoms with Gasteiger partial charge < -0.3 is 0 Å². The minimum absolute atomic E-state index is 0.0794. The Morgan fingerprint density at radius 2 is 1.94 bits per heavy atom. The lowest BCUT2D eigenvalue weighted by molar-refractivity contribution is 0.0969. The second-order valence-electron chi connectivity index (χ2n) is 3.93. The van der Waals surface area contributed by atoms with Crippen LogP contribution in [0.25, 0.3) is 0 Å². The van der Waals surface area contributed by atoms with Crippen LogP contribution in [-0.2, 0) is 10.0 Å². The first-order valence-corrected chi connectivity index (χ1v) is 7.24. The Bertz CT molecular complexity index is 524. The molecule has 0 N–H and O–H groups in total. The third-order valence-corrected chi connectivity index (χ3v) is 4.84. The molecule has 0 atom stereocenters. The van der Waals surface area contributed by atoms with Gasteiger partial charge in [0.15, 0.2) is 5.78 Å². The molecule has 1 aromatic carbocycles. The van der Waals surface area contributed by atoms with Gasteiger partial charge in [-0.05, 0) is 30.7 Å². The first-order chi connectivity index (χ1) is 7.99. The van der Waals surface area contributed by atoms with Crippen molar-refractivity contribution in [2.24, 2.45) is 0 Å². The van der Waals surface area contributed by atoms with E-state index in [9.17, 15) is 13.2 Å². The number of Topliss-reactive ketones (excluding diaryl/α,β-unsaturated/α-hetero) is 1. The van der Waals surface area contributed by atoms with Crippen molar-refractivity contribution < 1.29 is 13.2 Å². The van der Waals surface area contributed by atoms with Gasteiger partial charge in [0.1, 0.15) is 0 Å². The quantitative estimate of drug-likeness (QED) is 0.786. The van der Waals surface area contributed by atoms with Crippen LogP contribution in [0.3, 0.4) is 0 Å². The molecule has 0 aliphatic carbocycles. The van der Waals surface area contributed by atoms with Gasteiger partial charge in [-0.1, -0.05) is 11.6 Å². The zero-order chi connectivity index (χ0) is 12.5. The van der Waals surface area contributed by atoms with Crippen molar-refractivity contribution in [1.82, 2.24) is 4.31 Å². The molecule has 0 spiro atoms. The molecule has 17 heavy (non-hydrogen) atoms. The number of halogens is 1. The molecule has 2 rings (SSSR count). The number of hydrogen-bond acceptors (Lipinski definition) is 3. The van der Waals surface area contributed by atoms with E-state index in [2.05, 4.69) is 0 Å². The number of rotatable bonds is 3. The summed E-state index contributed by atoms with van der Waals surface area (Å²) in [5, 5.41) is 0.551. The van der Waals surface area contributed by atoms with Crippen molar-refractivity contribution in [3.63, 3.8) is 0 Å². The molecule has 0 radical (unpaired) electrons. The van der Waals surface area contributed by atoms with Crippen LogP contribution >= 0.6 is 11.6 Å². The molecule has 1 saturated heterocycles. The molecule has 1 aromatic rings. The van der Waals surface area contributed by atoms with Gasteiger partial charge in [0.05, 0.1) is 12.3 Å². The first kappa shape index (κ1) is 12.5.